The molecule has 180 valence electrons. The van der Waals surface area contributed by atoms with E-state index in [2.05, 4.69) is 18.6 Å². The summed E-state index contributed by atoms with van der Waals surface area (Å²) in [5.41, 5.74) is -2.85. The van der Waals surface area contributed by atoms with E-state index in [1.807, 2.05) is 0 Å². The topological polar surface area (TPSA) is 66.8 Å². The third-order valence-corrected chi connectivity index (χ3v) is 6.99. The number of carbonyl (C=O) groups is 1. The van der Waals surface area contributed by atoms with Crippen LogP contribution in [0, 0.1) is 5.92 Å². The van der Waals surface area contributed by atoms with Crippen LogP contribution in [0.4, 0.5) is 13.2 Å². The van der Waals surface area contributed by atoms with E-state index in [-0.39, 0.29) is 17.3 Å². The zero-order valence-electron chi connectivity index (χ0n) is 18.8. The summed E-state index contributed by atoms with van der Waals surface area (Å²) in [6, 6.07) is 0. The van der Waals surface area contributed by atoms with Gasteiger partial charge in [0.2, 0.25) is 0 Å². The lowest BCUT2D eigenvalue weighted by Gasteiger charge is -2.27. The van der Waals surface area contributed by atoms with Gasteiger partial charge >= 0.3 is 12.1 Å². The molecule has 0 amide bonds. The molecule has 31 heavy (non-hydrogen) atoms. The number of ether oxygens (including phenoxy) is 1. The lowest BCUT2D eigenvalue weighted by molar-refractivity contribution is -0.140. The molecular weight excluding hydrogens is 429 g/mol. The average Bonchev–Trinajstić information content (AvgIpc) is 2.97. The number of unbranched alkanes of at least 4 members (excludes halogenated alkanes) is 3. The summed E-state index contributed by atoms with van der Waals surface area (Å²) in [6.45, 7) is 4.28. The number of hydrogen-bond acceptors (Lipinski definition) is 5. The van der Waals surface area contributed by atoms with E-state index in [4.69, 9.17) is 0 Å². The van der Waals surface area contributed by atoms with Crippen LogP contribution in [-0.4, -0.2) is 46.9 Å². The minimum Gasteiger partial charge on any atom is -0.469 e. The number of alkyl halides is 3. The molecule has 0 aromatic heterocycles. The molecular formula is C23H37F3O4S. The van der Waals surface area contributed by atoms with Crippen LogP contribution in [0.2, 0.25) is 0 Å². The summed E-state index contributed by atoms with van der Waals surface area (Å²) in [5, 5.41) is 21.3. The molecule has 0 saturated carbocycles. The SMILES string of the molecule is CCCC[C@@H](C)CCC=C[C@@]1(O)C(SCCCCCC(=O)OC)=C(C(F)(F)F)C[C@H]1O. The first kappa shape index (κ1) is 28.0. The van der Waals surface area contributed by atoms with Gasteiger partial charge in [-0.25, -0.2) is 0 Å². The van der Waals surface area contributed by atoms with E-state index in [1.54, 1.807) is 6.08 Å². The second-order valence-electron chi connectivity index (χ2n) is 8.31. The third kappa shape index (κ3) is 9.18. The van der Waals surface area contributed by atoms with Gasteiger partial charge in [-0.1, -0.05) is 45.6 Å². The molecule has 0 unspecified atom stereocenters. The van der Waals surface area contributed by atoms with Gasteiger partial charge in [-0.05, 0) is 43.4 Å². The standard InChI is InChI=1S/C23H37F3O4S/c1-4-5-11-17(2)12-8-9-14-22(29)19(27)16-18(23(24,25)26)21(22)31-15-10-6-7-13-20(28)30-3/h9,14,17,19,27,29H,4-8,10-13,15-16H2,1-3H3/t17-,19-,22+/m1/s1. The second kappa shape index (κ2) is 13.5. The fourth-order valence-corrected chi connectivity index (χ4v) is 4.99. The number of methoxy groups -OCH3 is 1. The van der Waals surface area contributed by atoms with E-state index in [9.17, 15) is 28.2 Å². The van der Waals surface area contributed by atoms with E-state index in [1.165, 1.54) is 13.2 Å². The molecule has 2 N–H and O–H groups in total. The van der Waals surface area contributed by atoms with Crippen molar-refractivity contribution < 1.29 is 32.9 Å². The summed E-state index contributed by atoms with van der Waals surface area (Å²) in [7, 11) is 1.31. The predicted molar refractivity (Wildman–Crippen MR) is 119 cm³/mol. The van der Waals surface area contributed by atoms with Gasteiger partial charge in [-0.2, -0.15) is 13.2 Å². The van der Waals surface area contributed by atoms with Crippen molar-refractivity contribution in [3.63, 3.8) is 0 Å². The number of esters is 1. The Kier molecular flexibility index (Phi) is 12.2. The molecule has 0 bridgehead atoms. The van der Waals surface area contributed by atoms with E-state index in [0.717, 1.165) is 37.4 Å². The van der Waals surface area contributed by atoms with Crippen LogP contribution in [-0.2, 0) is 9.53 Å². The van der Waals surface area contributed by atoms with Gasteiger partial charge in [-0.15, -0.1) is 11.8 Å². The Morgan fingerprint density at radius 1 is 1.29 bits per heavy atom. The highest BCUT2D eigenvalue weighted by Crippen LogP contribution is 2.49. The summed E-state index contributed by atoms with van der Waals surface area (Å²) >= 11 is 0.952. The van der Waals surface area contributed by atoms with Crippen molar-refractivity contribution >= 4 is 17.7 Å². The van der Waals surface area contributed by atoms with Crippen LogP contribution < -0.4 is 0 Å². The summed E-state index contributed by atoms with van der Waals surface area (Å²) in [5.74, 6) is 0.567. The van der Waals surface area contributed by atoms with Crippen LogP contribution in [0.5, 0.6) is 0 Å². The molecule has 0 heterocycles. The Bertz CT molecular complexity index is 618. The number of carbonyl (C=O) groups excluding carboxylic acids is 1. The molecule has 4 nitrogen and oxygen atoms in total. The number of halogens is 3. The van der Waals surface area contributed by atoms with Crippen molar-refractivity contribution in [3.8, 4) is 0 Å². The molecule has 3 atom stereocenters. The number of aliphatic hydroxyl groups excluding tert-OH is 1. The Morgan fingerprint density at radius 3 is 2.61 bits per heavy atom. The largest absolute Gasteiger partial charge is 0.469 e. The minimum absolute atomic E-state index is 0.198. The van der Waals surface area contributed by atoms with Crippen LogP contribution in [0.3, 0.4) is 0 Å². The Hall–Kier alpha value is -0.990. The smallest absolute Gasteiger partial charge is 0.413 e. The van der Waals surface area contributed by atoms with Gasteiger partial charge in [0.1, 0.15) is 5.60 Å². The van der Waals surface area contributed by atoms with Crippen molar-refractivity contribution in [3.05, 3.63) is 22.6 Å². The molecule has 0 fully saturated rings. The van der Waals surface area contributed by atoms with E-state index in [0.29, 0.717) is 37.4 Å². The molecule has 0 aromatic carbocycles. The van der Waals surface area contributed by atoms with Crippen molar-refractivity contribution in [1.82, 2.24) is 0 Å². The van der Waals surface area contributed by atoms with Gasteiger partial charge in [0.25, 0.3) is 0 Å². The fraction of sp³-hybridized carbons (Fsp3) is 0.783. The first-order valence-electron chi connectivity index (χ1n) is 11.1. The minimum atomic E-state index is -4.60. The van der Waals surface area contributed by atoms with Crippen molar-refractivity contribution in [2.45, 2.75) is 95.9 Å². The summed E-state index contributed by atoms with van der Waals surface area (Å²) in [6.07, 6.45) is 3.38. The molecule has 1 aliphatic carbocycles. The van der Waals surface area contributed by atoms with Crippen LogP contribution in [0.1, 0.15) is 78.1 Å². The highest BCUT2D eigenvalue weighted by atomic mass is 32.2. The van der Waals surface area contributed by atoms with E-state index < -0.39 is 29.9 Å². The summed E-state index contributed by atoms with van der Waals surface area (Å²) < 4.78 is 45.2. The van der Waals surface area contributed by atoms with Crippen LogP contribution in [0.15, 0.2) is 22.6 Å². The third-order valence-electron chi connectivity index (χ3n) is 5.63. The first-order valence-corrected chi connectivity index (χ1v) is 12.1. The Labute approximate surface area is 188 Å². The number of aliphatic hydroxyl groups is 2. The van der Waals surface area contributed by atoms with Crippen LogP contribution >= 0.6 is 11.8 Å². The van der Waals surface area contributed by atoms with Gasteiger partial charge in [0.05, 0.1) is 13.2 Å². The Balaban J connectivity index is 2.75. The predicted octanol–water partition coefficient (Wildman–Crippen LogP) is 5.93. The average molecular weight is 467 g/mol. The van der Waals surface area contributed by atoms with Gasteiger partial charge < -0.3 is 14.9 Å². The first-order chi connectivity index (χ1) is 14.6. The normalized spacial score (nSPS) is 23.0. The molecule has 0 radical (unpaired) electrons. The van der Waals surface area contributed by atoms with Crippen molar-refractivity contribution in [2.24, 2.45) is 5.92 Å². The molecule has 0 aromatic rings. The lowest BCUT2D eigenvalue weighted by Crippen LogP contribution is -2.37. The molecule has 1 rings (SSSR count). The zero-order chi connectivity index (χ0) is 23.5. The molecule has 0 spiro atoms. The number of allylic oxidation sites excluding steroid dienone is 1. The zero-order valence-corrected chi connectivity index (χ0v) is 19.7. The maximum atomic E-state index is 13.5. The maximum Gasteiger partial charge on any atom is 0.413 e. The van der Waals surface area contributed by atoms with E-state index >= 15 is 0 Å². The highest BCUT2D eigenvalue weighted by Gasteiger charge is 2.52. The maximum absolute atomic E-state index is 13.5. The van der Waals surface area contributed by atoms with Crippen molar-refractivity contribution in [1.29, 1.82) is 0 Å². The highest BCUT2D eigenvalue weighted by molar-refractivity contribution is 8.03. The monoisotopic (exact) mass is 466 g/mol. The van der Waals surface area contributed by atoms with Crippen molar-refractivity contribution in [2.75, 3.05) is 12.9 Å². The second-order valence-corrected chi connectivity index (χ2v) is 9.42. The molecule has 0 aliphatic heterocycles. The number of thioether (sulfide) groups is 1. The summed E-state index contributed by atoms with van der Waals surface area (Å²) in [4.78, 5) is 10.9. The lowest BCUT2D eigenvalue weighted by atomic mass is 9.96. The number of rotatable bonds is 14. The van der Waals surface area contributed by atoms with Gasteiger partial charge in [0, 0.05) is 23.3 Å². The van der Waals surface area contributed by atoms with Gasteiger partial charge in [-0.3, -0.25) is 4.79 Å². The molecule has 8 heteroatoms. The Morgan fingerprint density at radius 2 is 2.00 bits per heavy atom. The van der Waals surface area contributed by atoms with Crippen LogP contribution in [0.25, 0.3) is 0 Å². The molecule has 0 saturated heterocycles. The molecule has 1 aliphatic rings. The quantitative estimate of drug-likeness (QED) is 0.189. The number of hydrogen-bond donors (Lipinski definition) is 2. The van der Waals surface area contributed by atoms with Gasteiger partial charge in [0.15, 0.2) is 0 Å². The fourth-order valence-electron chi connectivity index (χ4n) is 3.63.